The highest BCUT2D eigenvalue weighted by Gasteiger charge is 2.24. The van der Waals surface area contributed by atoms with Crippen LogP contribution >= 0.6 is 0 Å². The second-order valence-electron chi connectivity index (χ2n) is 4.93. The van der Waals surface area contributed by atoms with E-state index < -0.39 is 11.6 Å². The van der Waals surface area contributed by atoms with Gasteiger partial charge in [-0.3, -0.25) is 0 Å². The molecule has 2 aromatic carbocycles. The van der Waals surface area contributed by atoms with Crippen LogP contribution in [0.15, 0.2) is 42.5 Å². The first-order valence-corrected chi connectivity index (χ1v) is 6.47. The zero-order valence-corrected chi connectivity index (χ0v) is 10.5. The molecule has 19 heavy (non-hydrogen) atoms. The van der Waals surface area contributed by atoms with Gasteiger partial charge in [0, 0.05) is 24.6 Å². The Morgan fingerprint density at radius 2 is 1.74 bits per heavy atom. The van der Waals surface area contributed by atoms with Crippen LogP contribution in [0, 0.1) is 11.6 Å². The van der Waals surface area contributed by atoms with E-state index in [4.69, 9.17) is 0 Å². The summed E-state index contributed by atoms with van der Waals surface area (Å²) in [5.41, 5.74) is 2.85. The number of hydrogen-bond acceptors (Lipinski definition) is 1. The van der Waals surface area contributed by atoms with E-state index in [1.807, 2.05) is 12.1 Å². The van der Waals surface area contributed by atoms with E-state index in [-0.39, 0.29) is 12.1 Å². The maximum atomic E-state index is 13.4. The van der Waals surface area contributed by atoms with Gasteiger partial charge >= 0.3 is 0 Å². The molecule has 0 bridgehead atoms. The van der Waals surface area contributed by atoms with E-state index in [0.717, 1.165) is 13.0 Å². The third-order valence-electron chi connectivity index (χ3n) is 3.72. The van der Waals surface area contributed by atoms with Crippen molar-refractivity contribution in [1.82, 2.24) is 5.32 Å². The van der Waals surface area contributed by atoms with Gasteiger partial charge in [-0.1, -0.05) is 30.3 Å². The molecule has 1 unspecified atom stereocenters. The van der Waals surface area contributed by atoms with Gasteiger partial charge < -0.3 is 5.32 Å². The molecule has 0 saturated carbocycles. The highest BCUT2D eigenvalue weighted by Crippen LogP contribution is 2.34. The smallest absolute Gasteiger partial charge is 0.130 e. The molecule has 3 rings (SSSR count). The predicted molar refractivity (Wildman–Crippen MR) is 71.0 cm³/mol. The highest BCUT2D eigenvalue weighted by atomic mass is 19.1. The molecule has 1 aliphatic carbocycles. The lowest BCUT2D eigenvalue weighted by molar-refractivity contribution is 0.502. The van der Waals surface area contributed by atoms with Crippen LogP contribution in [-0.2, 0) is 13.0 Å². The van der Waals surface area contributed by atoms with Crippen molar-refractivity contribution < 1.29 is 8.78 Å². The van der Waals surface area contributed by atoms with Gasteiger partial charge in [0.15, 0.2) is 0 Å². The predicted octanol–water partition coefficient (Wildman–Crippen LogP) is 3.39. The SMILES string of the molecule is Fc1cccc(F)c1CNCC1Cc2ccccc21. The Bertz CT molecular complexity index is 575. The second kappa shape index (κ2) is 5.10. The van der Waals surface area contributed by atoms with E-state index in [9.17, 15) is 8.78 Å². The first-order chi connectivity index (χ1) is 9.25. The van der Waals surface area contributed by atoms with Gasteiger partial charge in [0.25, 0.3) is 0 Å². The normalized spacial score (nSPS) is 16.8. The third kappa shape index (κ3) is 2.38. The van der Waals surface area contributed by atoms with Crippen molar-refractivity contribution in [3.63, 3.8) is 0 Å². The van der Waals surface area contributed by atoms with Crippen LogP contribution in [0.25, 0.3) is 0 Å². The molecule has 1 atom stereocenters. The summed E-state index contributed by atoms with van der Waals surface area (Å²) < 4.78 is 26.9. The fourth-order valence-corrected chi connectivity index (χ4v) is 2.62. The van der Waals surface area contributed by atoms with Crippen molar-refractivity contribution in [1.29, 1.82) is 0 Å². The van der Waals surface area contributed by atoms with Gasteiger partial charge in [-0.15, -0.1) is 0 Å². The number of benzene rings is 2. The summed E-state index contributed by atoms with van der Waals surface area (Å²) in [5.74, 6) is -0.506. The fourth-order valence-electron chi connectivity index (χ4n) is 2.62. The largest absolute Gasteiger partial charge is 0.312 e. The van der Waals surface area contributed by atoms with Gasteiger partial charge in [-0.2, -0.15) is 0 Å². The first-order valence-electron chi connectivity index (χ1n) is 6.47. The van der Waals surface area contributed by atoms with Crippen molar-refractivity contribution in [2.45, 2.75) is 18.9 Å². The van der Waals surface area contributed by atoms with Crippen LogP contribution in [0.5, 0.6) is 0 Å². The summed E-state index contributed by atoms with van der Waals surface area (Å²) in [6.07, 6.45) is 1.04. The molecule has 0 amide bonds. The van der Waals surface area contributed by atoms with Crippen LogP contribution in [-0.4, -0.2) is 6.54 Å². The lowest BCUT2D eigenvalue weighted by Crippen LogP contribution is -2.29. The molecular weight excluding hydrogens is 244 g/mol. The van der Waals surface area contributed by atoms with Gasteiger partial charge in [0.2, 0.25) is 0 Å². The molecule has 0 heterocycles. The van der Waals surface area contributed by atoms with Crippen molar-refractivity contribution in [2.24, 2.45) is 0 Å². The molecular formula is C16H15F2N. The van der Waals surface area contributed by atoms with E-state index in [1.165, 1.54) is 29.3 Å². The molecule has 1 aliphatic rings. The maximum absolute atomic E-state index is 13.4. The van der Waals surface area contributed by atoms with E-state index >= 15 is 0 Å². The summed E-state index contributed by atoms with van der Waals surface area (Å²) in [6.45, 7) is 0.988. The molecule has 1 N–H and O–H groups in total. The number of fused-ring (bicyclic) bond motifs is 1. The number of rotatable bonds is 4. The van der Waals surface area contributed by atoms with E-state index in [1.54, 1.807) is 0 Å². The van der Waals surface area contributed by atoms with Crippen molar-refractivity contribution >= 4 is 0 Å². The minimum atomic E-state index is -0.485. The second-order valence-corrected chi connectivity index (χ2v) is 4.93. The minimum absolute atomic E-state index is 0.120. The maximum Gasteiger partial charge on any atom is 0.130 e. The Morgan fingerprint density at radius 3 is 2.47 bits per heavy atom. The standard InChI is InChI=1S/C16H15F2N/c17-15-6-3-7-16(18)14(15)10-19-9-12-8-11-4-1-2-5-13(11)12/h1-7,12,19H,8-10H2. The van der Waals surface area contributed by atoms with Gasteiger partial charge in [0.05, 0.1) is 0 Å². The van der Waals surface area contributed by atoms with Crippen LogP contribution in [0.3, 0.4) is 0 Å². The molecule has 0 aliphatic heterocycles. The molecule has 0 saturated heterocycles. The van der Waals surface area contributed by atoms with Gasteiger partial charge in [0.1, 0.15) is 11.6 Å². The molecule has 3 heteroatoms. The van der Waals surface area contributed by atoms with Crippen LogP contribution < -0.4 is 5.32 Å². The van der Waals surface area contributed by atoms with Crippen molar-refractivity contribution in [3.05, 3.63) is 70.8 Å². The van der Waals surface area contributed by atoms with Crippen LogP contribution in [0.1, 0.15) is 22.6 Å². The third-order valence-corrected chi connectivity index (χ3v) is 3.72. The monoisotopic (exact) mass is 259 g/mol. The topological polar surface area (TPSA) is 12.0 Å². The minimum Gasteiger partial charge on any atom is -0.312 e. The molecule has 2 aromatic rings. The number of hydrogen-bond donors (Lipinski definition) is 1. The quantitative estimate of drug-likeness (QED) is 0.887. The Labute approximate surface area is 111 Å². The zero-order chi connectivity index (χ0) is 13.2. The Hall–Kier alpha value is -1.74. The Morgan fingerprint density at radius 1 is 1.00 bits per heavy atom. The molecule has 98 valence electrons. The zero-order valence-electron chi connectivity index (χ0n) is 10.5. The van der Waals surface area contributed by atoms with Gasteiger partial charge in [-0.25, -0.2) is 8.78 Å². The van der Waals surface area contributed by atoms with Crippen molar-refractivity contribution in [3.8, 4) is 0 Å². The number of halogens is 2. The molecule has 0 fully saturated rings. The lowest BCUT2D eigenvalue weighted by Gasteiger charge is -2.30. The van der Waals surface area contributed by atoms with Crippen LogP contribution in [0.4, 0.5) is 8.78 Å². The Balaban J connectivity index is 1.58. The molecule has 0 aromatic heterocycles. The number of nitrogens with one attached hydrogen (secondary N) is 1. The van der Waals surface area contributed by atoms with E-state index in [2.05, 4.69) is 17.4 Å². The lowest BCUT2D eigenvalue weighted by atomic mass is 9.77. The van der Waals surface area contributed by atoms with Crippen LogP contribution in [0.2, 0.25) is 0 Å². The van der Waals surface area contributed by atoms with Crippen molar-refractivity contribution in [2.75, 3.05) is 6.54 Å². The summed E-state index contributed by atoms with van der Waals surface area (Å²) >= 11 is 0. The van der Waals surface area contributed by atoms with Gasteiger partial charge in [-0.05, 0) is 29.7 Å². The average molecular weight is 259 g/mol. The molecule has 0 radical (unpaired) electrons. The summed E-state index contributed by atoms with van der Waals surface area (Å²) in [7, 11) is 0. The molecule has 1 nitrogen and oxygen atoms in total. The Kier molecular flexibility index (Phi) is 3.30. The summed E-state index contributed by atoms with van der Waals surface area (Å²) in [4.78, 5) is 0. The summed E-state index contributed by atoms with van der Waals surface area (Å²) in [6, 6.07) is 12.3. The fraction of sp³-hybridized carbons (Fsp3) is 0.250. The molecule has 0 spiro atoms. The van der Waals surface area contributed by atoms with E-state index in [0.29, 0.717) is 5.92 Å². The summed E-state index contributed by atoms with van der Waals surface area (Å²) in [5, 5.41) is 3.15. The first kappa shape index (κ1) is 12.3. The highest BCUT2D eigenvalue weighted by molar-refractivity contribution is 5.40. The average Bonchev–Trinajstić information content (AvgIpc) is 2.38.